The van der Waals surface area contributed by atoms with Crippen LogP contribution in [0.15, 0.2) is 42.5 Å². The van der Waals surface area contributed by atoms with Gasteiger partial charge in [-0.05, 0) is 42.5 Å². The molecule has 2 nitrogen and oxygen atoms in total. The predicted octanol–water partition coefficient (Wildman–Crippen LogP) is 5.09. The van der Waals surface area contributed by atoms with Crippen molar-refractivity contribution in [1.29, 1.82) is 0 Å². The summed E-state index contributed by atoms with van der Waals surface area (Å²) in [6.07, 6.45) is 0. The third-order valence-corrected chi connectivity index (χ3v) is 3.75. The van der Waals surface area contributed by atoms with Gasteiger partial charge in [0.25, 0.3) is 0 Å². The van der Waals surface area contributed by atoms with Crippen LogP contribution in [0.2, 0.25) is 0 Å². The van der Waals surface area contributed by atoms with E-state index in [1.165, 1.54) is 22.4 Å². The van der Waals surface area contributed by atoms with E-state index in [2.05, 4.69) is 76.3 Å². The zero-order valence-corrected chi connectivity index (χ0v) is 14.4. The molecule has 0 aromatic heterocycles. The number of rotatable bonds is 5. The second-order valence-corrected chi connectivity index (χ2v) is 6.84. The van der Waals surface area contributed by atoms with Crippen LogP contribution in [0, 0.1) is 13.8 Å². The van der Waals surface area contributed by atoms with Crippen LogP contribution < -0.4 is 10.1 Å². The van der Waals surface area contributed by atoms with E-state index >= 15 is 0 Å². The molecule has 0 radical (unpaired) electrons. The summed E-state index contributed by atoms with van der Waals surface area (Å²) in [6.45, 7) is 12.3. The monoisotopic (exact) mass is 297 g/mol. The topological polar surface area (TPSA) is 21.3 Å². The minimum Gasteiger partial charge on any atom is -0.491 e. The molecule has 2 rings (SSSR count). The first-order valence-corrected chi connectivity index (χ1v) is 7.91. The summed E-state index contributed by atoms with van der Waals surface area (Å²) in [5, 5.41) is 3.44. The van der Waals surface area contributed by atoms with E-state index in [0.29, 0.717) is 6.61 Å². The number of hydrogen-bond donors (Lipinski definition) is 1. The minimum absolute atomic E-state index is 0.0948. The van der Waals surface area contributed by atoms with Crippen molar-refractivity contribution < 1.29 is 4.74 Å². The van der Waals surface area contributed by atoms with Gasteiger partial charge in [-0.15, -0.1) is 0 Å². The summed E-state index contributed by atoms with van der Waals surface area (Å²) >= 11 is 0. The van der Waals surface area contributed by atoms with Crippen molar-refractivity contribution in [3.05, 3.63) is 59.2 Å². The van der Waals surface area contributed by atoms with E-state index in [4.69, 9.17) is 4.74 Å². The van der Waals surface area contributed by atoms with Gasteiger partial charge in [-0.25, -0.2) is 0 Å². The van der Waals surface area contributed by atoms with Crippen molar-refractivity contribution in [1.82, 2.24) is 0 Å². The smallest absolute Gasteiger partial charge is 0.123 e. The lowest BCUT2D eigenvalue weighted by molar-refractivity contribution is 0.323. The first-order valence-electron chi connectivity index (χ1n) is 7.91. The van der Waals surface area contributed by atoms with Crippen LogP contribution in [-0.4, -0.2) is 13.2 Å². The summed E-state index contributed by atoms with van der Waals surface area (Å²) in [4.78, 5) is 0. The van der Waals surface area contributed by atoms with E-state index in [-0.39, 0.29) is 5.41 Å². The Kier molecular flexibility index (Phi) is 5.12. The second kappa shape index (κ2) is 6.87. The number of benzene rings is 2. The predicted molar refractivity (Wildman–Crippen MR) is 95.0 cm³/mol. The molecule has 2 heteroatoms. The van der Waals surface area contributed by atoms with Crippen LogP contribution in [0.25, 0.3) is 0 Å². The highest BCUT2D eigenvalue weighted by atomic mass is 16.5. The normalized spacial score (nSPS) is 11.3. The highest BCUT2D eigenvalue weighted by Crippen LogP contribution is 2.30. The number of anilines is 1. The lowest BCUT2D eigenvalue weighted by atomic mass is 9.86. The zero-order valence-electron chi connectivity index (χ0n) is 14.4. The molecule has 0 bridgehead atoms. The maximum atomic E-state index is 5.99. The fourth-order valence-corrected chi connectivity index (χ4v) is 2.57. The fraction of sp³-hybridized carbons (Fsp3) is 0.400. The Hall–Kier alpha value is -1.96. The third-order valence-electron chi connectivity index (χ3n) is 3.75. The van der Waals surface area contributed by atoms with Crippen LogP contribution in [0.4, 0.5) is 5.69 Å². The number of para-hydroxylation sites is 1. The van der Waals surface area contributed by atoms with Crippen molar-refractivity contribution in [2.45, 2.75) is 40.0 Å². The van der Waals surface area contributed by atoms with Gasteiger partial charge in [0.15, 0.2) is 0 Å². The Labute approximate surface area is 134 Å². The molecule has 0 amide bonds. The van der Waals surface area contributed by atoms with Gasteiger partial charge in [0.1, 0.15) is 12.4 Å². The Bertz CT molecular complexity index is 626. The average molecular weight is 297 g/mol. The largest absolute Gasteiger partial charge is 0.491 e. The van der Waals surface area contributed by atoms with E-state index in [1.54, 1.807) is 0 Å². The molecule has 0 unspecified atom stereocenters. The molecule has 22 heavy (non-hydrogen) atoms. The van der Waals surface area contributed by atoms with E-state index < -0.39 is 0 Å². The molecule has 2 aromatic rings. The molecule has 0 aliphatic heterocycles. The number of hydrogen-bond acceptors (Lipinski definition) is 2. The van der Waals surface area contributed by atoms with Crippen LogP contribution >= 0.6 is 0 Å². The molecule has 0 spiro atoms. The van der Waals surface area contributed by atoms with Crippen LogP contribution in [-0.2, 0) is 5.41 Å². The first kappa shape index (κ1) is 16.4. The molecule has 0 saturated heterocycles. The molecule has 2 aromatic carbocycles. The Morgan fingerprint density at radius 2 is 1.73 bits per heavy atom. The highest BCUT2D eigenvalue weighted by Gasteiger charge is 2.18. The lowest BCUT2D eigenvalue weighted by Crippen LogP contribution is -2.16. The SMILES string of the molecule is Cc1ccc(NCCOc2ccccc2C(C)(C)C)c(C)c1. The molecule has 0 aliphatic rings. The van der Waals surface area contributed by atoms with E-state index in [9.17, 15) is 0 Å². The minimum atomic E-state index is 0.0948. The fourth-order valence-electron chi connectivity index (χ4n) is 2.57. The standard InChI is InChI=1S/C20H27NO/c1-15-10-11-18(16(2)14-15)21-12-13-22-19-9-7-6-8-17(19)20(3,4)5/h6-11,14,21H,12-13H2,1-5H3. The van der Waals surface area contributed by atoms with Crippen molar-refractivity contribution in [3.63, 3.8) is 0 Å². The number of nitrogens with one attached hydrogen (secondary N) is 1. The highest BCUT2D eigenvalue weighted by molar-refractivity contribution is 5.51. The third kappa shape index (κ3) is 4.27. The zero-order chi connectivity index (χ0) is 16.2. The summed E-state index contributed by atoms with van der Waals surface area (Å²) in [5.41, 5.74) is 5.09. The maximum Gasteiger partial charge on any atom is 0.123 e. The van der Waals surface area contributed by atoms with Crippen molar-refractivity contribution >= 4 is 5.69 Å². The van der Waals surface area contributed by atoms with Gasteiger partial charge in [0, 0.05) is 12.2 Å². The Balaban J connectivity index is 1.92. The van der Waals surface area contributed by atoms with Crippen LogP contribution in [0.5, 0.6) is 5.75 Å². The molecular formula is C20H27NO. The van der Waals surface area contributed by atoms with Gasteiger partial charge in [0.2, 0.25) is 0 Å². The van der Waals surface area contributed by atoms with Crippen molar-refractivity contribution in [3.8, 4) is 5.75 Å². The molecule has 0 atom stereocenters. The molecule has 0 heterocycles. The molecule has 0 saturated carbocycles. The average Bonchev–Trinajstić information content (AvgIpc) is 2.45. The van der Waals surface area contributed by atoms with Gasteiger partial charge in [-0.3, -0.25) is 0 Å². The van der Waals surface area contributed by atoms with Gasteiger partial charge >= 0.3 is 0 Å². The lowest BCUT2D eigenvalue weighted by Gasteiger charge is -2.22. The molecule has 1 N–H and O–H groups in total. The summed E-state index contributed by atoms with van der Waals surface area (Å²) in [6, 6.07) is 14.8. The van der Waals surface area contributed by atoms with Gasteiger partial charge in [-0.1, -0.05) is 56.7 Å². The number of ether oxygens (including phenoxy) is 1. The molecule has 118 valence electrons. The van der Waals surface area contributed by atoms with Crippen molar-refractivity contribution in [2.75, 3.05) is 18.5 Å². The quantitative estimate of drug-likeness (QED) is 0.776. The summed E-state index contributed by atoms with van der Waals surface area (Å²) in [7, 11) is 0. The van der Waals surface area contributed by atoms with Crippen molar-refractivity contribution in [2.24, 2.45) is 0 Å². The van der Waals surface area contributed by atoms with E-state index in [0.717, 1.165) is 12.3 Å². The molecular weight excluding hydrogens is 270 g/mol. The first-order chi connectivity index (χ1) is 10.4. The van der Waals surface area contributed by atoms with E-state index in [1.807, 2.05) is 6.07 Å². The second-order valence-electron chi connectivity index (χ2n) is 6.84. The van der Waals surface area contributed by atoms with Crippen LogP contribution in [0.1, 0.15) is 37.5 Å². The Morgan fingerprint density at radius 1 is 1.00 bits per heavy atom. The molecule has 0 fully saturated rings. The van der Waals surface area contributed by atoms with Gasteiger partial charge < -0.3 is 10.1 Å². The van der Waals surface area contributed by atoms with Gasteiger partial charge in [0.05, 0.1) is 0 Å². The Morgan fingerprint density at radius 3 is 2.41 bits per heavy atom. The summed E-state index contributed by atoms with van der Waals surface area (Å²) < 4.78 is 5.99. The maximum absolute atomic E-state index is 5.99. The summed E-state index contributed by atoms with van der Waals surface area (Å²) in [5.74, 6) is 0.984. The van der Waals surface area contributed by atoms with Gasteiger partial charge in [-0.2, -0.15) is 0 Å². The number of aryl methyl sites for hydroxylation is 2. The molecule has 0 aliphatic carbocycles. The van der Waals surface area contributed by atoms with Crippen LogP contribution in [0.3, 0.4) is 0 Å².